The number of nitrogens with one attached hydrogen (secondary N) is 3. The number of rotatable bonds is 1. The average molecular weight is 243 g/mol. The summed E-state index contributed by atoms with van der Waals surface area (Å²) in [5, 5.41) is 10.3. The molecule has 3 N–H and O–H groups in total. The summed E-state index contributed by atoms with van der Waals surface area (Å²) in [7, 11) is 0. The quantitative estimate of drug-likeness (QED) is 0.586. The summed E-state index contributed by atoms with van der Waals surface area (Å²) < 4.78 is 0. The molecule has 0 spiro atoms. The van der Waals surface area contributed by atoms with Crippen molar-refractivity contribution >= 4 is 24.8 Å². The lowest BCUT2D eigenvalue weighted by molar-refractivity contribution is 0.105. The van der Waals surface area contributed by atoms with Crippen LogP contribution < -0.4 is 16.0 Å². The van der Waals surface area contributed by atoms with Crippen LogP contribution in [0.15, 0.2) is 0 Å². The maximum absolute atomic E-state index is 3.48. The monoisotopic (exact) mass is 242 g/mol. The van der Waals surface area contributed by atoms with Crippen LogP contribution in [0.1, 0.15) is 6.42 Å². The van der Waals surface area contributed by atoms with Crippen LogP contribution >= 0.6 is 24.8 Å². The van der Waals surface area contributed by atoms with E-state index in [0.717, 1.165) is 39.3 Å². The second kappa shape index (κ2) is 7.68. The first-order valence-corrected chi connectivity index (χ1v) is 4.88. The summed E-state index contributed by atoms with van der Waals surface area (Å²) in [5.41, 5.74) is 0. The molecular formula is C8H20Cl2N4. The Labute approximate surface area is 98.0 Å². The van der Waals surface area contributed by atoms with Gasteiger partial charge in [-0.1, -0.05) is 0 Å². The third kappa shape index (κ3) is 3.88. The van der Waals surface area contributed by atoms with Gasteiger partial charge in [0.1, 0.15) is 6.29 Å². The molecule has 0 atom stereocenters. The minimum Gasteiger partial charge on any atom is -0.314 e. The van der Waals surface area contributed by atoms with Crippen molar-refractivity contribution in [1.82, 2.24) is 20.9 Å². The van der Waals surface area contributed by atoms with Gasteiger partial charge in [0, 0.05) is 26.2 Å². The predicted octanol–water partition coefficient (Wildman–Crippen LogP) is -0.398. The SMILES string of the molecule is C1CNC(N2CCNCC2)NC1.Cl.Cl. The van der Waals surface area contributed by atoms with E-state index in [1.807, 2.05) is 0 Å². The molecule has 0 aromatic carbocycles. The van der Waals surface area contributed by atoms with Gasteiger partial charge < -0.3 is 5.32 Å². The topological polar surface area (TPSA) is 39.3 Å². The largest absolute Gasteiger partial charge is 0.314 e. The number of piperazine rings is 1. The number of halogens is 2. The van der Waals surface area contributed by atoms with Crippen molar-refractivity contribution in [1.29, 1.82) is 0 Å². The van der Waals surface area contributed by atoms with Gasteiger partial charge in [0.05, 0.1) is 0 Å². The number of hydrogen-bond donors (Lipinski definition) is 3. The third-order valence-electron chi connectivity index (χ3n) is 2.55. The Hall–Kier alpha value is 0.420. The van der Waals surface area contributed by atoms with E-state index in [0.29, 0.717) is 6.29 Å². The maximum atomic E-state index is 3.48. The fourth-order valence-electron chi connectivity index (χ4n) is 1.84. The maximum Gasteiger partial charge on any atom is 0.114 e. The molecule has 2 heterocycles. The van der Waals surface area contributed by atoms with Crippen molar-refractivity contribution in [2.75, 3.05) is 39.3 Å². The molecule has 4 nitrogen and oxygen atoms in total. The molecule has 6 heteroatoms. The van der Waals surface area contributed by atoms with Crippen molar-refractivity contribution in [3.63, 3.8) is 0 Å². The molecule has 2 fully saturated rings. The zero-order valence-corrected chi connectivity index (χ0v) is 9.92. The Morgan fingerprint density at radius 3 is 2.00 bits per heavy atom. The lowest BCUT2D eigenvalue weighted by Gasteiger charge is -2.38. The van der Waals surface area contributed by atoms with Gasteiger partial charge in [-0.15, -0.1) is 24.8 Å². The Morgan fingerprint density at radius 2 is 1.43 bits per heavy atom. The molecule has 2 aliphatic rings. The van der Waals surface area contributed by atoms with Crippen molar-refractivity contribution in [2.24, 2.45) is 0 Å². The van der Waals surface area contributed by atoms with Gasteiger partial charge in [0.15, 0.2) is 0 Å². The molecule has 2 aliphatic heterocycles. The molecule has 0 amide bonds. The van der Waals surface area contributed by atoms with E-state index in [1.54, 1.807) is 0 Å². The predicted molar refractivity (Wildman–Crippen MR) is 63.3 cm³/mol. The summed E-state index contributed by atoms with van der Waals surface area (Å²) in [6.45, 7) is 6.87. The average Bonchev–Trinajstić information content (AvgIpc) is 2.21. The molecule has 0 aromatic rings. The van der Waals surface area contributed by atoms with Crippen LogP contribution in [0.2, 0.25) is 0 Å². The van der Waals surface area contributed by atoms with E-state index in [1.165, 1.54) is 6.42 Å². The zero-order valence-electron chi connectivity index (χ0n) is 8.29. The van der Waals surface area contributed by atoms with E-state index in [4.69, 9.17) is 0 Å². The summed E-state index contributed by atoms with van der Waals surface area (Å²) in [4.78, 5) is 2.47. The highest BCUT2D eigenvalue weighted by Crippen LogP contribution is 1.99. The van der Waals surface area contributed by atoms with Crippen LogP contribution in [0, 0.1) is 0 Å². The molecule has 0 aliphatic carbocycles. The van der Waals surface area contributed by atoms with Crippen LogP contribution in [0.4, 0.5) is 0 Å². The van der Waals surface area contributed by atoms with Gasteiger partial charge in [-0.25, -0.2) is 0 Å². The standard InChI is InChI=1S/C8H18N4.2ClH/c1-2-10-8(11-3-1)12-6-4-9-5-7-12;;/h8-11H,1-7H2;2*1H. The van der Waals surface area contributed by atoms with Gasteiger partial charge in [-0.2, -0.15) is 0 Å². The van der Waals surface area contributed by atoms with E-state index >= 15 is 0 Å². The van der Waals surface area contributed by atoms with Crippen LogP contribution in [-0.4, -0.2) is 50.5 Å². The molecule has 0 unspecified atom stereocenters. The molecule has 0 radical (unpaired) electrons. The van der Waals surface area contributed by atoms with Gasteiger partial charge in [-0.3, -0.25) is 15.5 Å². The van der Waals surface area contributed by atoms with Gasteiger partial charge in [-0.05, 0) is 19.5 Å². The normalized spacial score (nSPS) is 24.9. The van der Waals surface area contributed by atoms with Crippen molar-refractivity contribution in [3.05, 3.63) is 0 Å². The summed E-state index contributed by atoms with van der Waals surface area (Å²) >= 11 is 0. The Kier molecular flexibility index (Phi) is 7.91. The fraction of sp³-hybridized carbons (Fsp3) is 1.00. The second-order valence-corrected chi connectivity index (χ2v) is 3.45. The van der Waals surface area contributed by atoms with Crippen LogP contribution in [0.5, 0.6) is 0 Å². The van der Waals surface area contributed by atoms with E-state index in [2.05, 4.69) is 20.9 Å². The Bertz CT molecular complexity index is 119. The zero-order chi connectivity index (χ0) is 8.23. The van der Waals surface area contributed by atoms with Crippen molar-refractivity contribution < 1.29 is 0 Å². The lowest BCUT2D eigenvalue weighted by Crippen LogP contribution is -2.62. The number of nitrogens with zero attached hydrogens (tertiary/aromatic N) is 1. The van der Waals surface area contributed by atoms with Crippen molar-refractivity contribution in [2.45, 2.75) is 12.7 Å². The first-order chi connectivity index (χ1) is 5.97. The fourth-order valence-corrected chi connectivity index (χ4v) is 1.84. The second-order valence-electron chi connectivity index (χ2n) is 3.45. The first-order valence-electron chi connectivity index (χ1n) is 4.88. The highest BCUT2D eigenvalue weighted by atomic mass is 35.5. The highest BCUT2D eigenvalue weighted by molar-refractivity contribution is 5.85. The third-order valence-corrected chi connectivity index (χ3v) is 2.55. The molecule has 0 bridgehead atoms. The van der Waals surface area contributed by atoms with Gasteiger partial charge in [0.25, 0.3) is 0 Å². The Morgan fingerprint density at radius 1 is 0.857 bits per heavy atom. The molecule has 0 saturated carbocycles. The smallest absolute Gasteiger partial charge is 0.114 e. The van der Waals surface area contributed by atoms with E-state index < -0.39 is 0 Å². The number of hydrogen-bond acceptors (Lipinski definition) is 4. The van der Waals surface area contributed by atoms with E-state index in [9.17, 15) is 0 Å². The van der Waals surface area contributed by atoms with Gasteiger partial charge >= 0.3 is 0 Å². The van der Waals surface area contributed by atoms with Gasteiger partial charge in [0.2, 0.25) is 0 Å². The molecule has 86 valence electrons. The highest BCUT2D eigenvalue weighted by Gasteiger charge is 2.20. The van der Waals surface area contributed by atoms with Crippen LogP contribution in [-0.2, 0) is 0 Å². The molecule has 2 rings (SSSR count). The first kappa shape index (κ1) is 14.4. The van der Waals surface area contributed by atoms with E-state index in [-0.39, 0.29) is 24.8 Å². The molecule has 2 saturated heterocycles. The van der Waals surface area contributed by atoms with Crippen LogP contribution in [0.25, 0.3) is 0 Å². The van der Waals surface area contributed by atoms with Crippen LogP contribution in [0.3, 0.4) is 0 Å². The summed E-state index contributed by atoms with van der Waals surface area (Å²) in [6, 6.07) is 0. The molecule has 0 aromatic heterocycles. The minimum absolute atomic E-state index is 0. The molecular weight excluding hydrogens is 223 g/mol. The van der Waals surface area contributed by atoms with Crippen molar-refractivity contribution in [3.8, 4) is 0 Å². The lowest BCUT2D eigenvalue weighted by atomic mass is 10.3. The summed E-state index contributed by atoms with van der Waals surface area (Å²) in [5.74, 6) is 0. The Balaban J connectivity index is 0.000000845. The minimum atomic E-state index is 0. The summed E-state index contributed by atoms with van der Waals surface area (Å²) in [6.07, 6.45) is 1.68. The molecule has 14 heavy (non-hydrogen) atoms.